The molecule has 1 aromatic heterocycles. The number of fused-ring (bicyclic) bond motifs is 1. The number of rotatable bonds is 4. The minimum Gasteiger partial charge on any atom is -0.374 e. The summed E-state index contributed by atoms with van der Waals surface area (Å²) in [6, 6.07) is 5.97. The fraction of sp³-hybridized carbons (Fsp3) is 0.381. The van der Waals surface area contributed by atoms with Gasteiger partial charge in [-0.15, -0.1) is 0 Å². The molecule has 2 aromatic rings. The van der Waals surface area contributed by atoms with E-state index < -0.39 is 12.0 Å². The predicted octanol–water partition coefficient (Wildman–Crippen LogP) is 3.31. The monoisotopic (exact) mass is 386 g/mol. The molecule has 7 heteroatoms. The third kappa shape index (κ3) is 3.78. The Balaban J connectivity index is 1.68. The molecule has 0 saturated heterocycles. The summed E-state index contributed by atoms with van der Waals surface area (Å²) < 4.78 is 28.1. The summed E-state index contributed by atoms with van der Waals surface area (Å²) in [7, 11) is 0. The number of aromatic nitrogens is 1. The van der Waals surface area contributed by atoms with Gasteiger partial charge in [0.2, 0.25) is 0 Å². The Morgan fingerprint density at radius 2 is 1.89 bits per heavy atom. The van der Waals surface area contributed by atoms with Crippen molar-refractivity contribution >= 4 is 18.0 Å². The normalized spacial score (nSPS) is 24.5. The second kappa shape index (κ2) is 7.95. The third-order valence-electron chi connectivity index (χ3n) is 5.50. The van der Waals surface area contributed by atoms with Crippen LogP contribution in [0.15, 0.2) is 24.3 Å². The Labute approximate surface area is 162 Å². The Bertz CT molecular complexity index is 885. The van der Waals surface area contributed by atoms with E-state index in [0.717, 1.165) is 31.2 Å². The lowest BCUT2D eigenvalue weighted by Crippen LogP contribution is -2.43. The number of hydrogen-bond donors (Lipinski definition) is 4. The van der Waals surface area contributed by atoms with Crippen LogP contribution in [0.5, 0.6) is 0 Å². The first-order chi connectivity index (χ1) is 13.5. The lowest BCUT2D eigenvalue weighted by Gasteiger charge is -2.30. The topological polar surface area (TPSA) is 83.2 Å². The second-order valence-corrected chi connectivity index (χ2v) is 7.42. The van der Waals surface area contributed by atoms with Crippen LogP contribution in [0, 0.1) is 11.6 Å². The summed E-state index contributed by atoms with van der Waals surface area (Å²) in [4.78, 5) is 4.45. The largest absolute Gasteiger partial charge is 0.374 e. The van der Waals surface area contributed by atoms with Crippen molar-refractivity contribution in [3.63, 3.8) is 0 Å². The van der Waals surface area contributed by atoms with Crippen LogP contribution in [-0.2, 0) is 6.54 Å². The van der Waals surface area contributed by atoms with Crippen LogP contribution < -0.4 is 16.4 Å². The smallest absolute Gasteiger partial charge is 0.170 e. The summed E-state index contributed by atoms with van der Waals surface area (Å²) in [5, 5.41) is 16.3. The first-order valence-electron chi connectivity index (χ1n) is 9.62. The quantitative estimate of drug-likeness (QED) is 0.648. The van der Waals surface area contributed by atoms with Crippen molar-refractivity contribution in [3.8, 4) is 0 Å². The molecule has 3 unspecified atom stereocenters. The van der Waals surface area contributed by atoms with Crippen LogP contribution in [0.3, 0.4) is 0 Å². The highest BCUT2D eigenvalue weighted by Gasteiger charge is 2.30. The Hall–Kier alpha value is -2.35. The van der Waals surface area contributed by atoms with Gasteiger partial charge in [0.05, 0.1) is 5.69 Å². The van der Waals surface area contributed by atoms with E-state index in [0.29, 0.717) is 16.8 Å². The van der Waals surface area contributed by atoms with Gasteiger partial charge in [-0.25, -0.2) is 13.8 Å². The van der Waals surface area contributed by atoms with E-state index in [2.05, 4.69) is 15.6 Å². The van der Waals surface area contributed by atoms with E-state index in [1.807, 2.05) is 0 Å². The number of aliphatic hydroxyl groups is 1. The van der Waals surface area contributed by atoms with Crippen LogP contribution in [0.2, 0.25) is 0 Å². The molecule has 5 nitrogen and oxygen atoms in total. The van der Waals surface area contributed by atoms with Crippen LogP contribution in [0.1, 0.15) is 54.3 Å². The van der Waals surface area contributed by atoms with Crippen molar-refractivity contribution in [3.05, 3.63) is 58.3 Å². The summed E-state index contributed by atoms with van der Waals surface area (Å²) in [6.45, 7) is 0.230. The fourth-order valence-electron chi connectivity index (χ4n) is 3.91. The summed E-state index contributed by atoms with van der Waals surface area (Å²) in [5.74, 6) is -0.598. The maximum absolute atomic E-state index is 15.0. The molecule has 0 spiro atoms. The van der Waals surface area contributed by atoms with Gasteiger partial charge >= 0.3 is 0 Å². The van der Waals surface area contributed by atoms with Crippen LogP contribution in [-0.4, -0.2) is 22.2 Å². The first kappa shape index (κ1) is 19.0. The molecule has 1 aliphatic carbocycles. The zero-order valence-electron chi connectivity index (χ0n) is 15.5. The molecule has 3 atom stereocenters. The standard InChI is InChI=1S/C21H24F2N4O/c22-13-8-5-12(6-9-13)7-10-17-18-14(11-25-21(18)28)19(23)20(27-17)26-16-4-2-1-3-15(16)24/h5-10,15-16,21,25,28H,1-4,11,24H2,(H,26,27). The van der Waals surface area contributed by atoms with Crippen molar-refractivity contribution in [1.82, 2.24) is 10.3 Å². The molecule has 1 saturated carbocycles. The van der Waals surface area contributed by atoms with Gasteiger partial charge in [0.15, 0.2) is 11.6 Å². The Morgan fingerprint density at radius 1 is 1.14 bits per heavy atom. The van der Waals surface area contributed by atoms with Gasteiger partial charge in [-0.2, -0.15) is 0 Å². The zero-order chi connectivity index (χ0) is 19.7. The van der Waals surface area contributed by atoms with Gasteiger partial charge in [0, 0.05) is 29.8 Å². The number of halogens is 2. The molecule has 2 heterocycles. The van der Waals surface area contributed by atoms with E-state index in [1.165, 1.54) is 12.1 Å². The van der Waals surface area contributed by atoms with Crippen molar-refractivity contribution in [1.29, 1.82) is 0 Å². The molecule has 0 bridgehead atoms. The highest BCUT2D eigenvalue weighted by molar-refractivity contribution is 5.71. The molecule has 4 rings (SSSR count). The SMILES string of the molecule is NC1CCCCC1Nc1nc(C=Cc2ccc(F)cc2)c2c(c1F)CNC2O. The van der Waals surface area contributed by atoms with Crippen LogP contribution in [0.4, 0.5) is 14.6 Å². The molecule has 1 aromatic carbocycles. The van der Waals surface area contributed by atoms with Gasteiger partial charge in [0.25, 0.3) is 0 Å². The number of anilines is 1. The van der Waals surface area contributed by atoms with Gasteiger partial charge in [-0.05, 0) is 36.6 Å². The van der Waals surface area contributed by atoms with Crippen molar-refractivity contribution < 1.29 is 13.9 Å². The molecule has 0 radical (unpaired) electrons. The Kier molecular flexibility index (Phi) is 5.39. The molecule has 1 aliphatic heterocycles. The average Bonchev–Trinajstić information content (AvgIpc) is 3.08. The van der Waals surface area contributed by atoms with Gasteiger partial charge in [-0.3, -0.25) is 5.32 Å². The summed E-state index contributed by atoms with van der Waals surface area (Å²) in [5.41, 5.74) is 8.30. The van der Waals surface area contributed by atoms with E-state index in [9.17, 15) is 9.50 Å². The first-order valence-corrected chi connectivity index (χ1v) is 9.62. The lowest BCUT2D eigenvalue weighted by molar-refractivity contribution is 0.151. The van der Waals surface area contributed by atoms with E-state index in [1.54, 1.807) is 24.3 Å². The minimum atomic E-state index is -0.976. The number of nitrogens with two attached hydrogens (primary N) is 1. The van der Waals surface area contributed by atoms with Gasteiger partial charge in [0.1, 0.15) is 12.0 Å². The second-order valence-electron chi connectivity index (χ2n) is 7.42. The van der Waals surface area contributed by atoms with Crippen molar-refractivity contribution in [2.24, 2.45) is 5.73 Å². The van der Waals surface area contributed by atoms with Crippen LogP contribution in [0.25, 0.3) is 12.2 Å². The molecule has 148 valence electrons. The highest BCUT2D eigenvalue weighted by Crippen LogP contribution is 2.33. The number of nitrogens with one attached hydrogen (secondary N) is 2. The number of nitrogens with zero attached hydrogens (tertiary/aromatic N) is 1. The van der Waals surface area contributed by atoms with Gasteiger partial charge < -0.3 is 16.2 Å². The molecular weight excluding hydrogens is 362 g/mol. The minimum absolute atomic E-state index is 0.0259. The lowest BCUT2D eigenvalue weighted by atomic mass is 9.91. The number of benzene rings is 1. The maximum atomic E-state index is 15.0. The third-order valence-corrected chi connectivity index (χ3v) is 5.50. The summed E-state index contributed by atoms with van der Waals surface area (Å²) in [6.07, 6.45) is 6.42. The Morgan fingerprint density at radius 3 is 2.64 bits per heavy atom. The molecule has 28 heavy (non-hydrogen) atoms. The molecule has 1 fully saturated rings. The number of hydrogen-bond acceptors (Lipinski definition) is 5. The highest BCUT2D eigenvalue weighted by atomic mass is 19.1. The van der Waals surface area contributed by atoms with E-state index in [4.69, 9.17) is 5.73 Å². The molecular formula is C21H24F2N4O. The molecule has 0 amide bonds. The number of pyridine rings is 1. The predicted molar refractivity (Wildman–Crippen MR) is 105 cm³/mol. The van der Waals surface area contributed by atoms with Crippen LogP contribution >= 0.6 is 0 Å². The van der Waals surface area contributed by atoms with Crippen molar-refractivity contribution in [2.75, 3.05) is 5.32 Å². The molecule has 2 aliphatic rings. The summed E-state index contributed by atoms with van der Waals surface area (Å²) >= 11 is 0. The van der Waals surface area contributed by atoms with E-state index in [-0.39, 0.29) is 30.3 Å². The number of aliphatic hydroxyl groups excluding tert-OH is 1. The average molecular weight is 386 g/mol. The van der Waals surface area contributed by atoms with Crippen molar-refractivity contribution in [2.45, 2.75) is 50.5 Å². The molecule has 5 N–H and O–H groups in total. The van der Waals surface area contributed by atoms with Gasteiger partial charge in [-0.1, -0.05) is 31.1 Å². The van der Waals surface area contributed by atoms with E-state index >= 15 is 4.39 Å². The maximum Gasteiger partial charge on any atom is 0.170 e. The zero-order valence-corrected chi connectivity index (χ0v) is 15.5. The fourth-order valence-corrected chi connectivity index (χ4v) is 3.91.